The second-order valence-electron chi connectivity index (χ2n) is 4.98. The fraction of sp³-hybridized carbons (Fsp3) is 0.643. The van der Waals surface area contributed by atoms with Gasteiger partial charge in [-0.15, -0.1) is 0 Å². The third-order valence-corrected chi connectivity index (χ3v) is 4.55. The van der Waals surface area contributed by atoms with Crippen molar-refractivity contribution in [3.05, 3.63) is 18.5 Å². The van der Waals surface area contributed by atoms with Gasteiger partial charge in [0.2, 0.25) is 0 Å². The van der Waals surface area contributed by atoms with Crippen LogP contribution in [0.15, 0.2) is 23.6 Å². The average Bonchev–Trinajstić information content (AvgIpc) is 3.33. The highest BCUT2D eigenvalue weighted by molar-refractivity contribution is 7.99. The van der Waals surface area contributed by atoms with Crippen LogP contribution >= 0.6 is 11.8 Å². The number of ether oxygens (including phenoxy) is 1. The molecule has 0 aromatic carbocycles. The van der Waals surface area contributed by atoms with E-state index in [2.05, 4.69) is 22.2 Å². The normalized spacial score (nSPS) is 17.5. The van der Waals surface area contributed by atoms with Gasteiger partial charge in [0.15, 0.2) is 5.16 Å². The summed E-state index contributed by atoms with van der Waals surface area (Å²) in [6.45, 7) is 2.90. The van der Waals surface area contributed by atoms with Crippen molar-refractivity contribution >= 4 is 17.7 Å². The van der Waals surface area contributed by atoms with Crippen molar-refractivity contribution in [3.8, 4) is 0 Å². The fourth-order valence-electron chi connectivity index (χ4n) is 2.26. The fourth-order valence-corrected chi connectivity index (χ4v) is 3.34. The first-order valence-corrected chi connectivity index (χ1v) is 7.94. The lowest BCUT2D eigenvalue weighted by Crippen LogP contribution is -2.57. The predicted molar refractivity (Wildman–Crippen MR) is 78.5 cm³/mol. The van der Waals surface area contributed by atoms with Gasteiger partial charge in [0.05, 0.1) is 7.11 Å². The van der Waals surface area contributed by atoms with Gasteiger partial charge in [-0.25, -0.2) is 9.97 Å². The van der Waals surface area contributed by atoms with Gasteiger partial charge < -0.3 is 10.1 Å². The summed E-state index contributed by atoms with van der Waals surface area (Å²) in [5.74, 6) is 0.795. The summed E-state index contributed by atoms with van der Waals surface area (Å²) >= 11 is 1.50. The number of hydrogen-bond acceptors (Lipinski definition) is 6. The Kier molecular flexibility index (Phi) is 5.37. The van der Waals surface area contributed by atoms with E-state index < -0.39 is 5.54 Å². The van der Waals surface area contributed by atoms with Gasteiger partial charge in [-0.2, -0.15) is 0 Å². The molecular formula is C14H21N3O2S. The molecule has 0 aliphatic heterocycles. The first-order valence-electron chi connectivity index (χ1n) is 6.96. The van der Waals surface area contributed by atoms with Gasteiger partial charge in [0.1, 0.15) is 5.54 Å². The van der Waals surface area contributed by atoms with Crippen LogP contribution in [-0.4, -0.2) is 40.9 Å². The molecule has 1 fully saturated rings. The van der Waals surface area contributed by atoms with Crippen molar-refractivity contribution in [1.82, 2.24) is 15.3 Å². The Morgan fingerprint density at radius 1 is 1.50 bits per heavy atom. The molecule has 1 aromatic heterocycles. The highest BCUT2D eigenvalue weighted by Crippen LogP contribution is 2.42. The summed E-state index contributed by atoms with van der Waals surface area (Å²) < 4.78 is 5.05. The van der Waals surface area contributed by atoms with Crippen LogP contribution < -0.4 is 5.32 Å². The zero-order chi connectivity index (χ0) is 14.4. The van der Waals surface area contributed by atoms with E-state index in [4.69, 9.17) is 4.74 Å². The minimum Gasteiger partial charge on any atom is -0.468 e. The molecule has 0 bridgehead atoms. The lowest BCUT2D eigenvalue weighted by atomic mass is 9.95. The minimum atomic E-state index is -0.603. The maximum Gasteiger partial charge on any atom is 0.327 e. The largest absolute Gasteiger partial charge is 0.468 e. The molecule has 0 radical (unpaired) electrons. The summed E-state index contributed by atoms with van der Waals surface area (Å²) in [6.07, 6.45) is 6.56. The van der Waals surface area contributed by atoms with E-state index in [1.54, 1.807) is 18.5 Å². The molecule has 1 heterocycles. The van der Waals surface area contributed by atoms with Crippen molar-refractivity contribution in [3.63, 3.8) is 0 Å². The van der Waals surface area contributed by atoms with E-state index in [9.17, 15) is 4.79 Å². The first kappa shape index (κ1) is 15.3. The number of nitrogens with zero attached hydrogens (tertiary/aromatic N) is 2. The number of hydrogen-bond donors (Lipinski definition) is 1. The number of aromatic nitrogens is 2. The van der Waals surface area contributed by atoms with Crippen molar-refractivity contribution in [1.29, 1.82) is 0 Å². The van der Waals surface area contributed by atoms with Crippen LogP contribution in [0, 0.1) is 5.92 Å². The quantitative estimate of drug-likeness (QED) is 0.449. The van der Waals surface area contributed by atoms with Crippen LogP contribution in [-0.2, 0) is 9.53 Å². The van der Waals surface area contributed by atoms with Gasteiger partial charge in [-0.1, -0.05) is 18.7 Å². The number of thioether (sulfide) groups is 1. The minimum absolute atomic E-state index is 0.170. The molecular weight excluding hydrogens is 274 g/mol. The lowest BCUT2D eigenvalue weighted by molar-refractivity contribution is -0.148. The summed E-state index contributed by atoms with van der Waals surface area (Å²) in [6, 6.07) is 1.79. The molecule has 0 amide bonds. The zero-order valence-corrected chi connectivity index (χ0v) is 12.8. The molecule has 20 heavy (non-hydrogen) atoms. The predicted octanol–water partition coefficient (Wildman–Crippen LogP) is 1.89. The molecule has 0 spiro atoms. The summed E-state index contributed by atoms with van der Waals surface area (Å²) in [4.78, 5) is 20.7. The van der Waals surface area contributed by atoms with Crippen LogP contribution in [0.25, 0.3) is 0 Å². The standard InChI is InChI=1S/C14H21N3O2S/c1-3-7-17-14(11-5-6-11,12(18)19-2)10-20-13-15-8-4-9-16-13/h4,8-9,11,17H,3,5-7,10H2,1-2H3. The Labute approximate surface area is 123 Å². The van der Waals surface area contributed by atoms with Crippen molar-refractivity contribution in [2.75, 3.05) is 19.4 Å². The maximum atomic E-state index is 12.3. The third-order valence-electron chi connectivity index (χ3n) is 3.49. The van der Waals surface area contributed by atoms with Crippen molar-refractivity contribution < 1.29 is 9.53 Å². The Morgan fingerprint density at radius 3 is 2.75 bits per heavy atom. The topological polar surface area (TPSA) is 64.1 Å². The maximum absolute atomic E-state index is 12.3. The molecule has 1 aliphatic carbocycles. The lowest BCUT2D eigenvalue weighted by Gasteiger charge is -2.31. The second-order valence-corrected chi connectivity index (χ2v) is 5.93. The molecule has 1 unspecified atom stereocenters. The van der Waals surface area contributed by atoms with E-state index in [0.717, 1.165) is 25.8 Å². The smallest absolute Gasteiger partial charge is 0.327 e. The highest BCUT2D eigenvalue weighted by Gasteiger charge is 2.51. The van der Waals surface area contributed by atoms with Gasteiger partial charge in [-0.05, 0) is 37.8 Å². The summed E-state index contributed by atoms with van der Waals surface area (Å²) in [7, 11) is 1.46. The number of carbonyl (C=O) groups excluding carboxylic acids is 1. The Hall–Kier alpha value is -1.14. The average molecular weight is 295 g/mol. The Morgan fingerprint density at radius 2 is 2.20 bits per heavy atom. The number of esters is 1. The molecule has 1 aliphatic rings. The van der Waals surface area contributed by atoms with Gasteiger partial charge in [0.25, 0.3) is 0 Å². The molecule has 5 nitrogen and oxygen atoms in total. The highest BCUT2D eigenvalue weighted by atomic mass is 32.2. The van der Waals surface area contributed by atoms with E-state index in [1.165, 1.54) is 18.9 Å². The first-order chi connectivity index (χ1) is 9.73. The van der Waals surface area contributed by atoms with Gasteiger partial charge in [-0.3, -0.25) is 4.79 Å². The summed E-state index contributed by atoms with van der Waals surface area (Å²) in [5, 5.41) is 4.11. The Bertz CT molecular complexity index is 439. The van der Waals surface area contributed by atoms with Crippen LogP contribution in [0.5, 0.6) is 0 Å². The molecule has 2 rings (SSSR count). The number of carbonyl (C=O) groups is 1. The van der Waals surface area contributed by atoms with Crippen molar-refractivity contribution in [2.24, 2.45) is 5.92 Å². The second kappa shape index (κ2) is 7.04. The summed E-state index contributed by atoms with van der Waals surface area (Å²) in [5.41, 5.74) is -0.603. The molecule has 110 valence electrons. The molecule has 6 heteroatoms. The van der Waals surface area contributed by atoms with E-state index >= 15 is 0 Å². The van der Waals surface area contributed by atoms with Gasteiger partial charge >= 0.3 is 5.97 Å². The SMILES string of the molecule is CCCNC(CSc1ncccn1)(C(=O)OC)C1CC1. The monoisotopic (exact) mass is 295 g/mol. The van der Waals surface area contributed by atoms with Gasteiger partial charge in [0, 0.05) is 18.1 Å². The van der Waals surface area contributed by atoms with E-state index in [0.29, 0.717) is 16.8 Å². The molecule has 1 atom stereocenters. The van der Waals surface area contributed by atoms with Crippen LogP contribution in [0.4, 0.5) is 0 Å². The Balaban J connectivity index is 2.10. The van der Waals surface area contributed by atoms with E-state index in [1.807, 2.05) is 0 Å². The number of methoxy groups -OCH3 is 1. The molecule has 0 saturated heterocycles. The molecule has 1 saturated carbocycles. The van der Waals surface area contributed by atoms with Crippen LogP contribution in [0.2, 0.25) is 0 Å². The van der Waals surface area contributed by atoms with Crippen LogP contribution in [0.1, 0.15) is 26.2 Å². The molecule has 1 aromatic rings. The molecule has 1 N–H and O–H groups in total. The zero-order valence-electron chi connectivity index (χ0n) is 12.0. The number of nitrogens with one attached hydrogen (secondary N) is 1. The van der Waals surface area contributed by atoms with E-state index in [-0.39, 0.29) is 5.97 Å². The third kappa shape index (κ3) is 3.49. The number of rotatable bonds is 8. The van der Waals surface area contributed by atoms with Crippen molar-refractivity contribution in [2.45, 2.75) is 36.9 Å². The van der Waals surface area contributed by atoms with Crippen LogP contribution in [0.3, 0.4) is 0 Å².